The third-order valence-corrected chi connectivity index (χ3v) is 9.82. The van der Waals surface area contributed by atoms with E-state index in [0.717, 1.165) is 71.4 Å². The van der Waals surface area contributed by atoms with Crippen LogP contribution in [0.5, 0.6) is 0 Å². The van der Waals surface area contributed by atoms with E-state index >= 15 is 0 Å². The van der Waals surface area contributed by atoms with E-state index in [1.807, 2.05) is 12.1 Å². The number of hydrogen-bond donors (Lipinski definition) is 1. The van der Waals surface area contributed by atoms with Gasteiger partial charge in [0.25, 0.3) is 11.8 Å². The maximum Gasteiger partial charge on any atom is 0.261 e. The minimum Gasteiger partial charge on any atom is -0.369 e. The second-order valence-electron chi connectivity index (χ2n) is 12.8. The molecule has 2 aromatic rings. The molecule has 8 nitrogen and oxygen atoms in total. The van der Waals surface area contributed by atoms with Gasteiger partial charge in [0.05, 0.1) is 11.1 Å². The largest absolute Gasteiger partial charge is 0.369 e. The minimum atomic E-state index is -0.150. The third kappa shape index (κ3) is 8.04. The van der Waals surface area contributed by atoms with Crippen molar-refractivity contribution < 1.29 is 9.59 Å². The molecule has 3 unspecified atom stereocenters. The van der Waals surface area contributed by atoms with Crippen LogP contribution < -0.4 is 10.6 Å². The van der Waals surface area contributed by atoms with Crippen molar-refractivity contribution in [2.45, 2.75) is 60.0 Å². The van der Waals surface area contributed by atoms with Gasteiger partial charge in [-0.15, -0.1) is 0 Å². The fourth-order valence-electron chi connectivity index (χ4n) is 6.37. The number of aryl methyl sites for hydroxylation is 1. The molecule has 5 rings (SSSR count). The van der Waals surface area contributed by atoms with Crippen LogP contribution in [0.3, 0.4) is 0 Å². The first kappa shape index (κ1) is 33.1. The quantitative estimate of drug-likeness (QED) is 0.441. The summed E-state index contributed by atoms with van der Waals surface area (Å²) in [4.78, 5) is 36.4. The fourth-order valence-corrected chi connectivity index (χ4v) is 6.37. The van der Waals surface area contributed by atoms with Gasteiger partial charge >= 0.3 is 0 Å². The third-order valence-electron chi connectivity index (χ3n) is 9.82. The highest BCUT2D eigenvalue weighted by atomic mass is 16.2. The molecule has 3 atom stereocenters. The van der Waals surface area contributed by atoms with Crippen molar-refractivity contribution in [2.24, 2.45) is 11.7 Å². The molecule has 236 valence electrons. The van der Waals surface area contributed by atoms with Crippen LogP contribution >= 0.6 is 0 Å². The van der Waals surface area contributed by atoms with E-state index in [4.69, 9.17) is 5.73 Å². The number of hydrogen-bond acceptors (Lipinski definition) is 7. The second-order valence-corrected chi connectivity index (χ2v) is 12.8. The van der Waals surface area contributed by atoms with E-state index in [1.165, 1.54) is 28.1 Å². The minimum absolute atomic E-state index is 0.150. The number of nitrogens with two attached hydrogens (primary N) is 1. The van der Waals surface area contributed by atoms with Crippen molar-refractivity contribution in [1.29, 1.82) is 0 Å². The van der Waals surface area contributed by atoms with Gasteiger partial charge in [0.2, 0.25) is 0 Å². The van der Waals surface area contributed by atoms with Crippen LogP contribution in [-0.4, -0.2) is 115 Å². The molecule has 2 fully saturated rings. The molecule has 0 spiro atoms. The van der Waals surface area contributed by atoms with Crippen molar-refractivity contribution in [3.8, 4) is 0 Å². The SMILES string of the molecule is CCC(C)CN1CCN(C(C)CN2C(=O)c3ccccc3C2=O)CC1.Cc1cccc(N2CCN(C(C)CN)CC2)c1C. The Kier molecular flexibility index (Phi) is 11.8. The topological polar surface area (TPSA) is 76.4 Å². The summed E-state index contributed by atoms with van der Waals surface area (Å²) in [6, 6.07) is 14.4. The number of nitrogens with zero attached hydrogens (tertiary/aromatic N) is 5. The number of fused-ring (bicyclic) bond motifs is 1. The average Bonchev–Trinajstić information content (AvgIpc) is 3.27. The standard InChI is InChI=1S/C20H29N3O2.C15H25N3/c1-4-15(2)13-21-9-11-22(12-10-21)16(3)14-23-19(24)17-7-5-6-8-18(17)20(23)25;1-12-5-4-6-15(14(12)3)18-9-7-17(8-10-18)13(2)11-16/h5-8,15-16H,4,9-14H2,1-3H3;4-6,13H,7-11,16H2,1-3H3. The highest BCUT2D eigenvalue weighted by Crippen LogP contribution is 2.25. The number of piperazine rings is 2. The summed E-state index contributed by atoms with van der Waals surface area (Å²) < 4.78 is 0. The van der Waals surface area contributed by atoms with Crippen LogP contribution in [0, 0.1) is 19.8 Å². The molecule has 0 bridgehead atoms. The van der Waals surface area contributed by atoms with Gasteiger partial charge in [-0.3, -0.25) is 24.3 Å². The normalized spacial score (nSPS) is 20.4. The number of amides is 2. The zero-order chi connectivity index (χ0) is 31.1. The number of carbonyl (C=O) groups excluding carboxylic acids is 2. The summed E-state index contributed by atoms with van der Waals surface area (Å²) in [6.45, 7) is 24.3. The Bertz CT molecular complexity index is 1180. The molecule has 43 heavy (non-hydrogen) atoms. The second kappa shape index (κ2) is 15.3. The predicted molar refractivity (Wildman–Crippen MR) is 177 cm³/mol. The van der Waals surface area contributed by atoms with Gasteiger partial charge in [-0.1, -0.05) is 44.5 Å². The molecular weight excluding hydrogens is 536 g/mol. The molecule has 2 N–H and O–H groups in total. The Morgan fingerprint density at radius 2 is 1.28 bits per heavy atom. The van der Waals surface area contributed by atoms with E-state index in [-0.39, 0.29) is 17.9 Å². The monoisotopic (exact) mass is 590 g/mol. The van der Waals surface area contributed by atoms with Crippen LogP contribution in [0.4, 0.5) is 5.69 Å². The molecule has 2 aromatic carbocycles. The predicted octanol–water partition coefficient (Wildman–Crippen LogP) is 4.11. The van der Waals surface area contributed by atoms with Crippen molar-refractivity contribution in [2.75, 3.05) is 76.9 Å². The Morgan fingerprint density at radius 3 is 1.84 bits per heavy atom. The van der Waals surface area contributed by atoms with Gasteiger partial charge in [-0.2, -0.15) is 0 Å². The molecule has 0 aliphatic carbocycles. The van der Waals surface area contributed by atoms with E-state index in [1.54, 1.807) is 12.1 Å². The molecule has 2 saturated heterocycles. The van der Waals surface area contributed by atoms with Crippen LogP contribution in [0.15, 0.2) is 42.5 Å². The summed E-state index contributed by atoms with van der Waals surface area (Å²) in [6.07, 6.45) is 1.22. The van der Waals surface area contributed by atoms with Gasteiger partial charge in [-0.05, 0) is 62.9 Å². The zero-order valence-corrected chi connectivity index (χ0v) is 27.4. The Balaban J connectivity index is 0.000000208. The van der Waals surface area contributed by atoms with E-state index in [0.29, 0.717) is 23.7 Å². The molecule has 0 radical (unpaired) electrons. The molecule has 3 aliphatic heterocycles. The van der Waals surface area contributed by atoms with Crippen molar-refractivity contribution >= 4 is 17.5 Å². The highest BCUT2D eigenvalue weighted by Gasteiger charge is 2.37. The van der Waals surface area contributed by atoms with Crippen LogP contribution in [0.1, 0.15) is 66.0 Å². The zero-order valence-electron chi connectivity index (χ0n) is 27.4. The molecular formula is C35H54N6O2. The Morgan fingerprint density at radius 1 is 0.721 bits per heavy atom. The first-order valence-corrected chi connectivity index (χ1v) is 16.3. The first-order chi connectivity index (χ1) is 20.6. The van der Waals surface area contributed by atoms with Crippen LogP contribution in [0.25, 0.3) is 0 Å². The van der Waals surface area contributed by atoms with E-state index < -0.39 is 0 Å². The fraction of sp³-hybridized carbons (Fsp3) is 0.600. The number of carbonyl (C=O) groups is 2. The number of anilines is 1. The maximum absolute atomic E-state index is 12.5. The van der Waals surface area contributed by atoms with Gasteiger partial charge in [0, 0.05) is 89.8 Å². The summed E-state index contributed by atoms with van der Waals surface area (Å²) in [5.74, 6) is 0.438. The van der Waals surface area contributed by atoms with Crippen LogP contribution in [0.2, 0.25) is 0 Å². The number of benzene rings is 2. The van der Waals surface area contributed by atoms with Crippen LogP contribution in [-0.2, 0) is 0 Å². The molecule has 3 aliphatic rings. The lowest BCUT2D eigenvalue weighted by Crippen LogP contribution is -2.53. The van der Waals surface area contributed by atoms with E-state index in [9.17, 15) is 9.59 Å². The molecule has 3 heterocycles. The summed E-state index contributed by atoms with van der Waals surface area (Å²) in [7, 11) is 0. The lowest BCUT2D eigenvalue weighted by molar-refractivity contribution is 0.0523. The molecule has 0 saturated carbocycles. The van der Waals surface area contributed by atoms with Gasteiger partial charge in [-0.25, -0.2) is 0 Å². The van der Waals surface area contributed by atoms with Gasteiger partial charge in [0.15, 0.2) is 0 Å². The first-order valence-electron chi connectivity index (χ1n) is 16.3. The smallest absolute Gasteiger partial charge is 0.261 e. The molecule has 8 heteroatoms. The van der Waals surface area contributed by atoms with Crippen molar-refractivity contribution in [3.63, 3.8) is 0 Å². The van der Waals surface area contributed by atoms with Gasteiger partial charge < -0.3 is 15.5 Å². The van der Waals surface area contributed by atoms with Crippen molar-refractivity contribution in [3.05, 3.63) is 64.7 Å². The molecule has 2 amide bonds. The molecule has 0 aromatic heterocycles. The summed E-state index contributed by atoms with van der Waals surface area (Å²) >= 11 is 0. The highest BCUT2D eigenvalue weighted by molar-refractivity contribution is 6.21. The summed E-state index contributed by atoms with van der Waals surface area (Å²) in [5.41, 5.74) is 11.0. The average molecular weight is 591 g/mol. The van der Waals surface area contributed by atoms with E-state index in [2.05, 4.69) is 79.3 Å². The number of imide groups is 1. The lowest BCUT2D eigenvalue weighted by Gasteiger charge is -2.39. The Hall–Kier alpha value is -2.78. The maximum atomic E-state index is 12.5. The van der Waals surface area contributed by atoms with Crippen molar-refractivity contribution in [1.82, 2.24) is 19.6 Å². The number of rotatable bonds is 9. The Labute approximate surface area is 259 Å². The lowest BCUT2D eigenvalue weighted by atomic mass is 10.1. The van der Waals surface area contributed by atoms with Gasteiger partial charge in [0.1, 0.15) is 0 Å². The summed E-state index contributed by atoms with van der Waals surface area (Å²) in [5, 5.41) is 0.